The average molecular weight is 451 g/mol. The van der Waals surface area contributed by atoms with Gasteiger partial charge >= 0.3 is 18.2 Å². The molecule has 3 heterocycles. The van der Waals surface area contributed by atoms with E-state index in [1.54, 1.807) is 29.4 Å². The third kappa shape index (κ3) is 6.11. The van der Waals surface area contributed by atoms with Gasteiger partial charge in [0.05, 0.1) is 6.04 Å². The second-order valence-corrected chi connectivity index (χ2v) is 9.33. The minimum absolute atomic E-state index is 0.0537. The Morgan fingerprint density at radius 3 is 2.93 bits per heavy atom. The summed E-state index contributed by atoms with van der Waals surface area (Å²) in [6, 6.07) is -0.256. The van der Waals surface area contributed by atoms with Crippen LogP contribution >= 0.6 is 23.1 Å². The quantitative estimate of drug-likeness (QED) is 0.493. The van der Waals surface area contributed by atoms with Gasteiger partial charge in [-0.1, -0.05) is 23.9 Å². The van der Waals surface area contributed by atoms with Crippen molar-refractivity contribution in [2.75, 3.05) is 18.9 Å². The highest BCUT2D eigenvalue weighted by atomic mass is 32.2. The van der Waals surface area contributed by atoms with Crippen LogP contribution in [0.1, 0.15) is 43.1 Å². The van der Waals surface area contributed by atoms with E-state index >= 15 is 0 Å². The van der Waals surface area contributed by atoms with Crippen molar-refractivity contribution in [1.82, 2.24) is 9.88 Å². The molecule has 1 fully saturated rings. The van der Waals surface area contributed by atoms with Crippen LogP contribution in [0.25, 0.3) is 0 Å². The van der Waals surface area contributed by atoms with Crippen LogP contribution < -0.4 is 0 Å². The van der Waals surface area contributed by atoms with Crippen LogP contribution in [0.3, 0.4) is 0 Å². The van der Waals surface area contributed by atoms with E-state index in [1.807, 2.05) is 0 Å². The zero-order valence-electron chi connectivity index (χ0n) is 15.7. The Hall–Kier alpha value is -1.75. The fourth-order valence-corrected chi connectivity index (χ4v) is 4.94. The maximum absolute atomic E-state index is 12.6. The summed E-state index contributed by atoms with van der Waals surface area (Å²) in [5.41, 5.74) is -0.979. The van der Waals surface area contributed by atoms with Crippen LogP contribution in [0.4, 0.5) is 18.0 Å². The lowest BCUT2D eigenvalue weighted by Gasteiger charge is -2.29. The second kappa shape index (κ2) is 8.95. The predicted octanol–water partition coefficient (Wildman–Crippen LogP) is 4.66. The van der Waals surface area contributed by atoms with Gasteiger partial charge in [0, 0.05) is 30.5 Å². The molecule has 1 amide bonds. The van der Waals surface area contributed by atoms with Crippen LogP contribution in [0.2, 0.25) is 0 Å². The Labute approximate surface area is 174 Å². The molecule has 3 rings (SSSR count). The first kappa shape index (κ1) is 21.9. The van der Waals surface area contributed by atoms with Crippen molar-refractivity contribution >= 4 is 35.2 Å². The number of nitrogens with zero attached hydrogens (tertiary/aromatic N) is 2. The normalized spacial score (nSPS) is 27.0. The van der Waals surface area contributed by atoms with Gasteiger partial charge in [0.15, 0.2) is 10.0 Å². The number of aromatic nitrogens is 1. The minimum atomic E-state index is -4.26. The predicted molar refractivity (Wildman–Crippen MR) is 102 cm³/mol. The van der Waals surface area contributed by atoms with E-state index in [0.29, 0.717) is 16.6 Å². The van der Waals surface area contributed by atoms with Crippen molar-refractivity contribution in [2.45, 2.75) is 54.8 Å². The average Bonchev–Trinajstić information content (AvgIpc) is 3.21. The molecule has 1 aromatic heterocycles. The Morgan fingerprint density at radius 2 is 2.17 bits per heavy atom. The van der Waals surface area contributed by atoms with Gasteiger partial charge in [-0.05, 0) is 19.8 Å². The molecule has 160 valence electrons. The molecule has 1 aromatic rings. The van der Waals surface area contributed by atoms with E-state index in [1.165, 1.54) is 23.1 Å². The number of thioether (sulfide) groups is 1. The van der Waals surface area contributed by atoms with Crippen LogP contribution in [0.5, 0.6) is 0 Å². The lowest BCUT2D eigenvalue weighted by Crippen LogP contribution is -2.35. The smallest absolute Gasteiger partial charge is 0.410 e. The summed E-state index contributed by atoms with van der Waals surface area (Å²) in [5.74, 6) is -0.0505. The number of carbonyl (C=O) groups is 2. The summed E-state index contributed by atoms with van der Waals surface area (Å²) < 4.78 is 49.0. The molecule has 6 nitrogen and oxygen atoms in total. The summed E-state index contributed by atoms with van der Waals surface area (Å²) >= 11 is 2.70. The van der Waals surface area contributed by atoms with E-state index in [-0.39, 0.29) is 37.6 Å². The van der Waals surface area contributed by atoms with E-state index in [9.17, 15) is 22.8 Å². The van der Waals surface area contributed by atoms with Crippen molar-refractivity contribution in [3.8, 4) is 0 Å². The van der Waals surface area contributed by atoms with E-state index < -0.39 is 30.3 Å². The maximum atomic E-state index is 12.6. The Balaban J connectivity index is 1.79. The Bertz CT molecular complexity index is 783. The lowest BCUT2D eigenvalue weighted by atomic mass is 9.94. The first-order valence-electron chi connectivity index (χ1n) is 9.14. The highest BCUT2D eigenvalue weighted by Gasteiger charge is 2.34. The molecular formula is C18H21F3N2O4S2. The van der Waals surface area contributed by atoms with Gasteiger partial charge in [-0.15, -0.1) is 11.3 Å². The summed E-state index contributed by atoms with van der Waals surface area (Å²) in [6.45, 7) is 2.29. The monoisotopic (exact) mass is 450 g/mol. The van der Waals surface area contributed by atoms with Crippen LogP contribution in [0.15, 0.2) is 21.9 Å². The number of esters is 1. The number of hydrogen-bond acceptors (Lipinski definition) is 7. The molecule has 11 heteroatoms. The minimum Gasteiger partial charge on any atom is -0.454 e. The fraction of sp³-hybridized carbons (Fsp3) is 0.611. The maximum Gasteiger partial charge on any atom is 0.410 e. The van der Waals surface area contributed by atoms with Crippen LogP contribution in [-0.2, 0) is 9.47 Å². The van der Waals surface area contributed by atoms with E-state index in [4.69, 9.17) is 9.47 Å². The SMILES string of the molecule is C[C@]1(CCCC(F)(F)F)C/C=C\[C@H]2COC(=O)N2CCSc2nc(cs2)C(=O)O1. The first-order chi connectivity index (χ1) is 13.7. The zero-order chi connectivity index (χ0) is 21.1. The first-order valence-corrected chi connectivity index (χ1v) is 11.0. The number of hydrogen-bond donors (Lipinski definition) is 0. The van der Waals surface area contributed by atoms with Crippen molar-refractivity contribution in [3.63, 3.8) is 0 Å². The van der Waals surface area contributed by atoms with Gasteiger partial charge in [0.2, 0.25) is 0 Å². The Kier molecular flexibility index (Phi) is 6.77. The van der Waals surface area contributed by atoms with Crippen LogP contribution in [-0.4, -0.2) is 58.7 Å². The van der Waals surface area contributed by atoms with Crippen molar-refractivity contribution in [1.29, 1.82) is 0 Å². The number of fused-ring (bicyclic) bond motifs is 3. The van der Waals surface area contributed by atoms with Crippen molar-refractivity contribution in [3.05, 3.63) is 23.2 Å². The molecule has 0 saturated carbocycles. The number of halogens is 3. The number of carbonyl (C=O) groups excluding carboxylic acids is 2. The summed E-state index contributed by atoms with van der Waals surface area (Å²) in [7, 11) is 0. The summed E-state index contributed by atoms with van der Waals surface area (Å²) in [4.78, 5) is 30.3. The third-order valence-corrected chi connectivity index (χ3v) is 6.68. The second-order valence-electron chi connectivity index (χ2n) is 7.13. The topological polar surface area (TPSA) is 68.7 Å². The van der Waals surface area contributed by atoms with Crippen molar-refractivity contribution in [2.24, 2.45) is 0 Å². The van der Waals surface area contributed by atoms with Crippen molar-refractivity contribution < 1.29 is 32.2 Å². The molecule has 0 N–H and O–H groups in total. The fourth-order valence-electron chi connectivity index (χ4n) is 3.14. The molecular weight excluding hydrogens is 429 g/mol. The molecule has 2 atom stereocenters. The van der Waals surface area contributed by atoms with Gasteiger partial charge < -0.3 is 9.47 Å². The van der Waals surface area contributed by atoms with Crippen LogP contribution in [0, 0.1) is 0 Å². The molecule has 1 saturated heterocycles. The molecule has 0 aromatic carbocycles. The molecule has 0 spiro atoms. The molecule has 0 unspecified atom stereocenters. The van der Waals surface area contributed by atoms with Gasteiger partial charge in [-0.2, -0.15) is 13.2 Å². The van der Waals surface area contributed by atoms with E-state index in [0.717, 1.165) is 0 Å². The number of amides is 1. The molecule has 2 aliphatic heterocycles. The number of rotatable bonds is 3. The standard InChI is InChI=1S/C18H21F3N2O4S2/c1-17(6-3-7-18(19,20)21)5-2-4-12-10-26-16(25)23(12)8-9-28-15-22-13(11-29-15)14(24)27-17/h2,4,11-12H,3,5-10H2,1H3/b4-2-/t12-,17+/m0/s1. The molecule has 2 bridgehead atoms. The van der Waals surface area contributed by atoms with Gasteiger partial charge in [0.25, 0.3) is 0 Å². The summed E-state index contributed by atoms with van der Waals surface area (Å²) in [6.07, 6.45) is -1.95. The molecule has 2 aliphatic rings. The Morgan fingerprint density at radius 1 is 1.38 bits per heavy atom. The summed E-state index contributed by atoms with van der Waals surface area (Å²) in [5, 5.41) is 1.57. The van der Waals surface area contributed by atoms with E-state index in [2.05, 4.69) is 4.98 Å². The highest BCUT2D eigenvalue weighted by Crippen LogP contribution is 2.31. The zero-order valence-corrected chi connectivity index (χ0v) is 17.4. The third-order valence-electron chi connectivity index (χ3n) is 4.68. The molecule has 0 radical (unpaired) electrons. The molecule has 0 aliphatic carbocycles. The number of ether oxygens (including phenoxy) is 2. The lowest BCUT2D eigenvalue weighted by molar-refractivity contribution is -0.137. The number of alkyl halides is 3. The van der Waals surface area contributed by atoms with Gasteiger partial charge in [-0.3, -0.25) is 4.90 Å². The number of thiazole rings is 1. The molecule has 29 heavy (non-hydrogen) atoms. The van der Waals surface area contributed by atoms with Gasteiger partial charge in [0.1, 0.15) is 12.2 Å². The van der Waals surface area contributed by atoms with Gasteiger partial charge in [-0.25, -0.2) is 14.6 Å². The highest BCUT2D eigenvalue weighted by molar-refractivity contribution is 8.01. The number of cyclic esters (lactones) is 2. The largest absolute Gasteiger partial charge is 0.454 e.